The maximum absolute atomic E-state index is 11.9. The van der Waals surface area contributed by atoms with E-state index in [1.807, 2.05) is 0 Å². The minimum absolute atomic E-state index is 0.319. The number of aromatic amines is 1. The standard InChI is InChI=1S/C9H11BrN4O2/c1-3-14-8(15)6-7(13(2)9(14)16)12-5(4-10)11-6/h3-4H2,1-2H3,(H,11,12). The number of hydrogen-bond donors (Lipinski definition) is 1. The lowest BCUT2D eigenvalue weighted by Gasteiger charge is -2.03. The van der Waals surface area contributed by atoms with Crippen LogP contribution in [0.25, 0.3) is 11.2 Å². The van der Waals surface area contributed by atoms with Crippen molar-refractivity contribution in [1.82, 2.24) is 19.1 Å². The van der Waals surface area contributed by atoms with Crippen LogP contribution in [0.4, 0.5) is 0 Å². The summed E-state index contributed by atoms with van der Waals surface area (Å²) in [5, 5.41) is 0.515. The Bertz CT molecular complexity index is 652. The van der Waals surface area contributed by atoms with E-state index >= 15 is 0 Å². The molecule has 0 unspecified atom stereocenters. The highest BCUT2D eigenvalue weighted by Crippen LogP contribution is 2.06. The van der Waals surface area contributed by atoms with E-state index in [9.17, 15) is 9.59 Å². The van der Waals surface area contributed by atoms with Crippen molar-refractivity contribution in [2.45, 2.75) is 18.8 Å². The van der Waals surface area contributed by atoms with Gasteiger partial charge in [-0.1, -0.05) is 15.9 Å². The van der Waals surface area contributed by atoms with Gasteiger partial charge in [-0.05, 0) is 6.92 Å². The molecule has 2 rings (SSSR count). The van der Waals surface area contributed by atoms with Crippen molar-refractivity contribution in [2.75, 3.05) is 0 Å². The number of aromatic nitrogens is 4. The highest BCUT2D eigenvalue weighted by molar-refractivity contribution is 9.08. The minimum Gasteiger partial charge on any atom is -0.335 e. The van der Waals surface area contributed by atoms with Gasteiger partial charge in [-0.15, -0.1) is 0 Å². The van der Waals surface area contributed by atoms with Crippen molar-refractivity contribution in [3.8, 4) is 0 Å². The number of H-pyrrole nitrogens is 1. The number of hydrogen-bond acceptors (Lipinski definition) is 3. The molecule has 0 amide bonds. The Labute approximate surface area is 99.1 Å². The van der Waals surface area contributed by atoms with Gasteiger partial charge in [0.15, 0.2) is 5.65 Å². The number of nitrogens with one attached hydrogen (secondary N) is 1. The zero-order valence-electron chi connectivity index (χ0n) is 8.95. The fourth-order valence-corrected chi connectivity index (χ4v) is 1.90. The van der Waals surface area contributed by atoms with E-state index in [-0.39, 0.29) is 11.2 Å². The van der Waals surface area contributed by atoms with Gasteiger partial charge in [0.05, 0.1) is 5.33 Å². The molecule has 16 heavy (non-hydrogen) atoms. The average molecular weight is 287 g/mol. The maximum atomic E-state index is 11.9. The van der Waals surface area contributed by atoms with E-state index in [0.29, 0.717) is 28.9 Å². The lowest BCUT2D eigenvalue weighted by Crippen LogP contribution is -2.38. The van der Waals surface area contributed by atoms with Gasteiger partial charge in [0.25, 0.3) is 5.56 Å². The highest BCUT2D eigenvalue weighted by Gasteiger charge is 2.13. The van der Waals surface area contributed by atoms with Crippen LogP contribution in [0.1, 0.15) is 12.7 Å². The van der Waals surface area contributed by atoms with Crippen LogP contribution in [0, 0.1) is 0 Å². The summed E-state index contributed by atoms with van der Waals surface area (Å²) in [4.78, 5) is 30.8. The third kappa shape index (κ3) is 1.42. The van der Waals surface area contributed by atoms with Crippen LogP contribution in [0.15, 0.2) is 9.59 Å². The van der Waals surface area contributed by atoms with E-state index in [1.165, 1.54) is 9.13 Å². The van der Waals surface area contributed by atoms with Crippen molar-refractivity contribution >= 4 is 27.1 Å². The number of alkyl halides is 1. The first-order valence-electron chi connectivity index (χ1n) is 4.84. The average Bonchev–Trinajstić information content (AvgIpc) is 2.71. The fraction of sp³-hybridized carbons (Fsp3) is 0.444. The molecular formula is C9H11BrN4O2. The lowest BCUT2D eigenvalue weighted by molar-refractivity contribution is 0.637. The molecule has 0 bridgehead atoms. The first-order valence-corrected chi connectivity index (χ1v) is 5.96. The van der Waals surface area contributed by atoms with Crippen molar-refractivity contribution in [3.63, 3.8) is 0 Å². The molecule has 7 heteroatoms. The Hall–Kier alpha value is -1.37. The first kappa shape index (κ1) is 11.1. The largest absolute Gasteiger partial charge is 0.335 e. The molecule has 0 spiro atoms. The van der Waals surface area contributed by atoms with Crippen LogP contribution >= 0.6 is 15.9 Å². The molecule has 2 aromatic heterocycles. The summed E-state index contributed by atoms with van der Waals surface area (Å²) in [5.41, 5.74) is 0.112. The van der Waals surface area contributed by atoms with Crippen molar-refractivity contribution in [1.29, 1.82) is 0 Å². The Morgan fingerprint density at radius 2 is 2.12 bits per heavy atom. The minimum atomic E-state index is -0.340. The summed E-state index contributed by atoms with van der Waals surface area (Å²) >= 11 is 3.25. The number of nitrogens with zero attached hydrogens (tertiary/aromatic N) is 3. The van der Waals surface area contributed by atoms with Gasteiger partial charge in [0.1, 0.15) is 11.3 Å². The van der Waals surface area contributed by atoms with Crippen LogP contribution in [0.3, 0.4) is 0 Å². The second kappa shape index (κ2) is 3.89. The number of rotatable bonds is 2. The summed E-state index contributed by atoms with van der Waals surface area (Å²) < 4.78 is 2.56. The smallest absolute Gasteiger partial charge is 0.332 e. The third-order valence-corrected chi connectivity index (χ3v) is 3.00. The number of imidazole rings is 1. The second-order valence-electron chi connectivity index (χ2n) is 3.41. The molecule has 0 aliphatic carbocycles. The van der Waals surface area contributed by atoms with Gasteiger partial charge in [-0.3, -0.25) is 13.9 Å². The number of halogens is 1. The van der Waals surface area contributed by atoms with Gasteiger partial charge in [0, 0.05) is 13.6 Å². The zero-order chi connectivity index (χ0) is 11.9. The summed E-state index contributed by atoms with van der Waals surface area (Å²) in [5.74, 6) is 0.635. The van der Waals surface area contributed by atoms with Crippen LogP contribution in [0.5, 0.6) is 0 Å². The molecule has 0 atom stereocenters. The van der Waals surface area contributed by atoms with E-state index in [1.54, 1.807) is 14.0 Å². The third-order valence-electron chi connectivity index (χ3n) is 2.47. The van der Waals surface area contributed by atoms with Crippen molar-refractivity contribution < 1.29 is 0 Å². The monoisotopic (exact) mass is 286 g/mol. The number of fused-ring (bicyclic) bond motifs is 1. The lowest BCUT2D eigenvalue weighted by atomic mass is 10.5. The molecule has 0 aromatic carbocycles. The Morgan fingerprint density at radius 3 is 2.69 bits per heavy atom. The Kier molecular flexibility index (Phi) is 2.71. The van der Waals surface area contributed by atoms with Crippen molar-refractivity contribution in [2.24, 2.45) is 7.05 Å². The van der Waals surface area contributed by atoms with E-state index in [4.69, 9.17) is 0 Å². The Balaban J connectivity index is 2.99. The molecule has 6 nitrogen and oxygen atoms in total. The molecule has 0 saturated heterocycles. The quantitative estimate of drug-likeness (QED) is 0.809. The van der Waals surface area contributed by atoms with Crippen LogP contribution in [-0.2, 0) is 18.9 Å². The van der Waals surface area contributed by atoms with Gasteiger partial charge < -0.3 is 4.98 Å². The van der Waals surface area contributed by atoms with Crippen LogP contribution < -0.4 is 11.2 Å². The first-order chi connectivity index (χ1) is 7.60. The fourth-order valence-electron chi connectivity index (χ4n) is 1.64. The molecular weight excluding hydrogens is 276 g/mol. The topological polar surface area (TPSA) is 72.7 Å². The summed E-state index contributed by atoms with van der Waals surface area (Å²) in [6, 6.07) is 0. The van der Waals surface area contributed by atoms with Gasteiger partial charge >= 0.3 is 5.69 Å². The summed E-state index contributed by atoms with van der Waals surface area (Å²) in [7, 11) is 1.61. The summed E-state index contributed by atoms with van der Waals surface area (Å²) in [6.07, 6.45) is 0. The number of aryl methyl sites for hydroxylation is 1. The van der Waals surface area contributed by atoms with Crippen LogP contribution in [-0.4, -0.2) is 19.1 Å². The van der Waals surface area contributed by atoms with Crippen molar-refractivity contribution in [3.05, 3.63) is 26.7 Å². The summed E-state index contributed by atoms with van der Waals surface area (Å²) in [6.45, 7) is 2.11. The molecule has 0 aliphatic rings. The molecule has 0 fully saturated rings. The second-order valence-corrected chi connectivity index (χ2v) is 3.97. The predicted octanol–water partition coefficient (Wildman–Crippen LogP) is 0.338. The van der Waals surface area contributed by atoms with E-state index < -0.39 is 0 Å². The predicted molar refractivity (Wildman–Crippen MR) is 63.9 cm³/mol. The molecule has 2 heterocycles. The van der Waals surface area contributed by atoms with E-state index in [2.05, 4.69) is 25.9 Å². The molecule has 0 saturated carbocycles. The highest BCUT2D eigenvalue weighted by atomic mass is 79.9. The molecule has 1 N–H and O–H groups in total. The van der Waals surface area contributed by atoms with Gasteiger partial charge in [-0.2, -0.15) is 0 Å². The van der Waals surface area contributed by atoms with Crippen LogP contribution in [0.2, 0.25) is 0 Å². The zero-order valence-corrected chi connectivity index (χ0v) is 10.5. The molecule has 0 aliphatic heterocycles. The molecule has 2 aromatic rings. The normalized spacial score (nSPS) is 11.2. The SMILES string of the molecule is CCn1c(=O)c2[nH]c(CBr)nc2n(C)c1=O. The van der Waals surface area contributed by atoms with Gasteiger partial charge in [-0.25, -0.2) is 9.78 Å². The van der Waals surface area contributed by atoms with Gasteiger partial charge in [0.2, 0.25) is 0 Å². The Morgan fingerprint density at radius 1 is 1.44 bits per heavy atom. The molecule has 86 valence electrons. The molecule has 0 radical (unpaired) electrons. The maximum Gasteiger partial charge on any atom is 0.332 e. The van der Waals surface area contributed by atoms with E-state index in [0.717, 1.165) is 0 Å².